The van der Waals surface area contributed by atoms with Crippen LogP contribution in [0.5, 0.6) is 5.75 Å². The van der Waals surface area contributed by atoms with Gasteiger partial charge in [0.25, 0.3) is 10.0 Å². The number of carbonyl (C=O) groups excluding carboxylic acids is 2. The molecule has 0 aromatic heterocycles. The van der Waals surface area contributed by atoms with Crippen molar-refractivity contribution in [3.05, 3.63) is 88.9 Å². The maximum absolute atomic E-state index is 14.1. The lowest BCUT2D eigenvalue weighted by molar-refractivity contribution is -0.140. The van der Waals surface area contributed by atoms with Crippen molar-refractivity contribution in [3.8, 4) is 5.75 Å². The third kappa shape index (κ3) is 7.55. The van der Waals surface area contributed by atoms with Gasteiger partial charge in [-0.15, -0.1) is 0 Å². The van der Waals surface area contributed by atoms with Crippen LogP contribution in [0.15, 0.2) is 77.7 Å². The molecule has 3 aromatic carbocycles. The van der Waals surface area contributed by atoms with Gasteiger partial charge in [0.1, 0.15) is 18.3 Å². The number of sulfonamides is 1. The highest BCUT2D eigenvalue weighted by Gasteiger charge is 2.33. The first-order valence-electron chi connectivity index (χ1n) is 13.2. The molecule has 0 aliphatic heterocycles. The number of hydrogen-bond acceptors (Lipinski definition) is 5. The van der Waals surface area contributed by atoms with Crippen LogP contribution in [-0.4, -0.2) is 51.4 Å². The van der Waals surface area contributed by atoms with Gasteiger partial charge in [-0.3, -0.25) is 13.9 Å². The molecular formula is C30H36ClN3O5S. The van der Waals surface area contributed by atoms with Crippen LogP contribution in [0.25, 0.3) is 0 Å². The fourth-order valence-corrected chi connectivity index (χ4v) is 5.81. The van der Waals surface area contributed by atoms with E-state index in [4.69, 9.17) is 16.3 Å². The number of nitrogens with zero attached hydrogens (tertiary/aromatic N) is 2. The third-order valence-corrected chi connectivity index (χ3v) is 8.62. The molecule has 40 heavy (non-hydrogen) atoms. The fraction of sp³-hybridized carbons (Fsp3) is 0.333. The van der Waals surface area contributed by atoms with E-state index in [0.29, 0.717) is 23.7 Å². The topological polar surface area (TPSA) is 96.0 Å². The Kier molecular flexibility index (Phi) is 11.0. The van der Waals surface area contributed by atoms with Gasteiger partial charge < -0.3 is 15.0 Å². The average molecular weight is 586 g/mol. The van der Waals surface area contributed by atoms with Crippen molar-refractivity contribution in [1.29, 1.82) is 0 Å². The highest BCUT2D eigenvalue weighted by atomic mass is 35.5. The SMILES string of the molecule is CCCNC(=O)[C@H](CC)N(Cc1ccccc1C)C(=O)CN(c1ccc(Cl)cc1)S(=O)(=O)c1ccc(OC)cc1. The molecule has 0 bridgehead atoms. The molecule has 3 rings (SSSR count). The van der Waals surface area contributed by atoms with Gasteiger partial charge in [-0.2, -0.15) is 0 Å². The molecule has 0 saturated heterocycles. The summed E-state index contributed by atoms with van der Waals surface area (Å²) in [5.74, 6) is -0.280. The summed E-state index contributed by atoms with van der Waals surface area (Å²) in [4.78, 5) is 28.7. The first-order valence-corrected chi connectivity index (χ1v) is 15.0. The zero-order chi connectivity index (χ0) is 29.3. The number of benzene rings is 3. The maximum Gasteiger partial charge on any atom is 0.264 e. The van der Waals surface area contributed by atoms with E-state index in [9.17, 15) is 18.0 Å². The Morgan fingerprint density at radius 1 is 0.975 bits per heavy atom. The predicted molar refractivity (Wildman–Crippen MR) is 158 cm³/mol. The third-order valence-electron chi connectivity index (χ3n) is 6.58. The minimum Gasteiger partial charge on any atom is -0.497 e. The van der Waals surface area contributed by atoms with Gasteiger partial charge in [0.15, 0.2) is 0 Å². The number of rotatable bonds is 13. The molecule has 0 aliphatic rings. The minimum atomic E-state index is -4.18. The smallest absolute Gasteiger partial charge is 0.264 e. The summed E-state index contributed by atoms with van der Waals surface area (Å²) in [6, 6.07) is 19.0. The highest BCUT2D eigenvalue weighted by Crippen LogP contribution is 2.27. The fourth-order valence-electron chi connectivity index (χ4n) is 4.27. The Bertz CT molecular complexity index is 1400. The average Bonchev–Trinajstić information content (AvgIpc) is 2.96. The van der Waals surface area contributed by atoms with Gasteiger partial charge in [-0.25, -0.2) is 8.42 Å². The number of anilines is 1. The number of ether oxygens (including phenoxy) is 1. The molecule has 10 heteroatoms. The molecule has 0 heterocycles. The highest BCUT2D eigenvalue weighted by molar-refractivity contribution is 7.92. The number of hydrogen-bond donors (Lipinski definition) is 1. The van der Waals surface area contributed by atoms with Crippen molar-refractivity contribution in [1.82, 2.24) is 10.2 Å². The molecule has 0 unspecified atom stereocenters. The molecule has 2 amide bonds. The Morgan fingerprint density at radius 3 is 2.20 bits per heavy atom. The lowest BCUT2D eigenvalue weighted by atomic mass is 10.1. The molecule has 0 fully saturated rings. The van der Waals surface area contributed by atoms with Gasteiger partial charge >= 0.3 is 0 Å². The summed E-state index contributed by atoms with van der Waals surface area (Å²) in [5, 5.41) is 3.31. The summed E-state index contributed by atoms with van der Waals surface area (Å²) >= 11 is 6.08. The second-order valence-corrected chi connectivity index (χ2v) is 11.6. The zero-order valence-corrected chi connectivity index (χ0v) is 24.8. The van der Waals surface area contributed by atoms with Gasteiger partial charge in [0, 0.05) is 18.1 Å². The molecule has 214 valence electrons. The van der Waals surface area contributed by atoms with Crippen LogP contribution < -0.4 is 14.4 Å². The van der Waals surface area contributed by atoms with Crippen LogP contribution in [-0.2, 0) is 26.2 Å². The number of methoxy groups -OCH3 is 1. The number of amides is 2. The standard InChI is InChI=1S/C30H36ClN3O5S/c1-5-19-32-30(36)28(6-2)33(20-23-10-8-7-9-22(23)3)29(35)21-34(25-13-11-24(31)12-14-25)40(37,38)27-17-15-26(39-4)16-18-27/h7-18,28H,5-6,19-21H2,1-4H3,(H,32,36)/t28-/m0/s1. The molecule has 0 radical (unpaired) electrons. The van der Waals surface area contributed by atoms with Gasteiger partial charge in [-0.1, -0.05) is 49.7 Å². The first kappa shape index (κ1) is 31.0. The van der Waals surface area contributed by atoms with Gasteiger partial charge in [0.2, 0.25) is 11.8 Å². The number of aryl methyl sites for hydroxylation is 1. The summed E-state index contributed by atoms with van der Waals surface area (Å²) in [7, 11) is -2.69. The van der Waals surface area contributed by atoms with Crippen molar-refractivity contribution in [3.63, 3.8) is 0 Å². The minimum absolute atomic E-state index is 0.00534. The van der Waals surface area contributed by atoms with E-state index in [2.05, 4.69) is 5.32 Å². The Labute approximate surface area is 241 Å². The van der Waals surface area contributed by atoms with Crippen LogP contribution >= 0.6 is 11.6 Å². The number of halogens is 1. The summed E-state index contributed by atoms with van der Waals surface area (Å²) in [5.41, 5.74) is 2.10. The largest absolute Gasteiger partial charge is 0.497 e. The second-order valence-electron chi connectivity index (χ2n) is 9.33. The van der Waals surface area contributed by atoms with Crippen molar-refractivity contribution in [2.45, 2.75) is 51.1 Å². The van der Waals surface area contributed by atoms with E-state index in [-0.39, 0.29) is 23.0 Å². The van der Waals surface area contributed by atoms with Crippen molar-refractivity contribution >= 4 is 39.1 Å². The molecular weight excluding hydrogens is 550 g/mol. The van der Waals surface area contributed by atoms with Crippen LogP contribution in [0.1, 0.15) is 37.8 Å². The van der Waals surface area contributed by atoms with E-state index in [0.717, 1.165) is 21.9 Å². The molecule has 1 N–H and O–H groups in total. The molecule has 1 atom stereocenters. The van der Waals surface area contributed by atoms with Crippen LogP contribution in [0.2, 0.25) is 5.02 Å². The molecule has 0 aliphatic carbocycles. The molecule has 3 aromatic rings. The summed E-state index contributed by atoms with van der Waals surface area (Å²) in [6.07, 6.45) is 1.11. The molecule has 0 spiro atoms. The van der Waals surface area contributed by atoms with Gasteiger partial charge in [-0.05, 0) is 79.4 Å². The lowest BCUT2D eigenvalue weighted by Crippen LogP contribution is -2.52. The quantitative estimate of drug-likeness (QED) is 0.298. The van der Waals surface area contributed by atoms with E-state index in [1.807, 2.05) is 45.0 Å². The van der Waals surface area contributed by atoms with Crippen molar-refractivity contribution in [2.24, 2.45) is 0 Å². The van der Waals surface area contributed by atoms with E-state index >= 15 is 0 Å². The second kappa shape index (κ2) is 14.2. The van der Waals surface area contributed by atoms with Crippen molar-refractivity contribution < 1.29 is 22.7 Å². The van der Waals surface area contributed by atoms with E-state index < -0.39 is 28.5 Å². The van der Waals surface area contributed by atoms with Crippen molar-refractivity contribution in [2.75, 3.05) is 24.5 Å². The van der Waals surface area contributed by atoms with E-state index in [1.165, 1.54) is 24.1 Å². The molecule has 0 saturated carbocycles. The zero-order valence-electron chi connectivity index (χ0n) is 23.3. The normalized spacial score (nSPS) is 11.9. The summed E-state index contributed by atoms with van der Waals surface area (Å²) in [6.45, 7) is 5.83. The van der Waals surface area contributed by atoms with Crippen LogP contribution in [0, 0.1) is 6.92 Å². The summed E-state index contributed by atoms with van der Waals surface area (Å²) < 4.78 is 34.0. The maximum atomic E-state index is 14.1. The van der Waals surface area contributed by atoms with E-state index in [1.54, 1.807) is 36.4 Å². The van der Waals surface area contributed by atoms with Crippen LogP contribution in [0.3, 0.4) is 0 Å². The molecule has 8 nitrogen and oxygen atoms in total. The van der Waals surface area contributed by atoms with Crippen LogP contribution in [0.4, 0.5) is 5.69 Å². The number of carbonyl (C=O) groups is 2. The first-order chi connectivity index (χ1) is 19.1. The predicted octanol–water partition coefficient (Wildman–Crippen LogP) is 5.19. The lowest BCUT2D eigenvalue weighted by Gasteiger charge is -2.33. The Balaban J connectivity index is 2.05. The monoisotopic (exact) mass is 585 g/mol. The Hall–Kier alpha value is -3.56. The number of nitrogens with one attached hydrogen (secondary N) is 1. The van der Waals surface area contributed by atoms with Gasteiger partial charge in [0.05, 0.1) is 17.7 Å². The Morgan fingerprint density at radius 2 is 1.62 bits per heavy atom.